The maximum absolute atomic E-state index is 6.33. The Kier molecular flexibility index (Phi) is 3.76. The molecule has 5 rings (SSSR count). The van der Waals surface area contributed by atoms with Crippen LogP contribution in [0.1, 0.15) is 0 Å². The molecule has 0 amide bonds. The average Bonchev–Trinajstić information content (AvgIpc) is 2.74. The summed E-state index contributed by atoms with van der Waals surface area (Å²) in [7, 11) is 0. The maximum Gasteiger partial charge on any atom is 0.174 e. The van der Waals surface area contributed by atoms with Crippen LogP contribution in [-0.2, 0) is 0 Å². The predicted octanol–water partition coefficient (Wildman–Crippen LogP) is 7.01. The van der Waals surface area contributed by atoms with E-state index in [-0.39, 0.29) is 0 Å². The van der Waals surface area contributed by atoms with Gasteiger partial charge in [0.05, 0.1) is 17.1 Å². The van der Waals surface area contributed by atoms with Gasteiger partial charge in [0.2, 0.25) is 0 Å². The Morgan fingerprint density at radius 1 is 0.593 bits per heavy atom. The molecule has 0 aromatic heterocycles. The summed E-state index contributed by atoms with van der Waals surface area (Å²) in [4.78, 5) is 2.24. The molecule has 0 radical (unpaired) electrons. The van der Waals surface area contributed by atoms with Crippen LogP contribution in [0.15, 0.2) is 103 Å². The first-order chi connectivity index (χ1) is 13.4. The second-order valence-corrected chi connectivity index (χ2v) is 6.39. The second-order valence-electron chi connectivity index (χ2n) is 6.39. The standard InChI is InChI=1S/C24H18N2O/c1-3-10-18(11-4-1)25-20-14-9-16-22-24(20)27-23-17-8-7-15-21(23)26(22)19-12-5-2-6-13-19/h1-17,25H. The van der Waals surface area contributed by atoms with Gasteiger partial charge in [-0.25, -0.2) is 0 Å². The third-order valence-corrected chi connectivity index (χ3v) is 4.62. The third kappa shape index (κ3) is 2.79. The maximum atomic E-state index is 6.33. The van der Waals surface area contributed by atoms with Crippen molar-refractivity contribution in [3.63, 3.8) is 0 Å². The molecular weight excluding hydrogens is 332 g/mol. The molecule has 3 heteroatoms. The van der Waals surface area contributed by atoms with Gasteiger partial charge in [-0.3, -0.25) is 0 Å². The van der Waals surface area contributed by atoms with Crippen molar-refractivity contribution in [3.05, 3.63) is 103 Å². The molecule has 0 spiro atoms. The summed E-state index contributed by atoms with van der Waals surface area (Å²) in [5.41, 5.74) is 5.12. The van der Waals surface area contributed by atoms with Crippen molar-refractivity contribution in [1.29, 1.82) is 0 Å². The van der Waals surface area contributed by atoms with Crippen molar-refractivity contribution in [1.82, 2.24) is 0 Å². The highest BCUT2D eigenvalue weighted by atomic mass is 16.5. The summed E-state index contributed by atoms with van der Waals surface area (Å²) in [6.45, 7) is 0. The lowest BCUT2D eigenvalue weighted by molar-refractivity contribution is 0.479. The average molecular weight is 350 g/mol. The van der Waals surface area contributed by atoms with Crippen LogP contribution in [0.4, 0.5) is 28.4 Å². The molecule has 4 aromatic carbocycles. The molecule has 4 aromatic rings. The molecule has 0 unspecified atom stereocenters. The Hall–Kier alpha value is -3.72. The summed E-state index contributed by atoms with van der Waals surface area (Å²) in [5.74, 6) is 1.67. The molecule has 0 saturated heterocycles. The third-order valence-electron chi connectivity index (χ3n) is 4.62. The summed E-state index contributed by atoms with van der Waals surface area (Å²) >= 11 is 0. The number of rotatable bonds is 3. The van der Waals surface area contributed by atoms with E-state index in [9.17, 15) is 0 Å². The van der Waals surface area contributed by atoms with Gasteiger partial charge in [0, 0.05) is 11.4 Å². The topological polar surface area (TPSA) is 24.5 Å². The van der Waals surface area contributed by atoms with E-state index in [2.05, 4.69) is 52.7 Å². The zero-order valence-corrected chi connectivity index (χ0v) is 14.7. The van der Waals surface area contributed by atoms with Crippen LogP contribution in [0.5, 0.6) is 11.5 Å². The van der Waals surface area contributed by atoms with E-state index in [4.69, 9.17) is 4.74 Å². The molecule has 1 aliphatic rings. The quantitative estimate of drug-likeness (QED) is 0.379. The van der Waals surface area contributed by atoms with Crippen molar-refractivity contribution in [2.24, 2.45) is 0 Å². The fourth-order valence-electron chi connectivity index (χ4n) is 3.41. The van der Waals surface area contributed by atoms with Crippen LogP contribution in [0.25, 0.3) is 0 Å². The zero-order chi connectivity index (χ0) is 18.1. The highest BCUT2D eigenvalue weighted by molar-refractivity contribution is 5.90. The lowest BCUT2D eigenvalue weighted by Gasteiger charge is -2.33. The number of benzene rings is 4. The SMILES string of the molecule is c1ccc(Nc2cccc3c2Oc2ccccc2N3c2ccccc2)cc1. The largest absolute Gasteiger partial charge is 0.451 e. The molecular formula is C24H18N2O. The number of para-hydroxylation sites is 5. The van der Waals surface area contributed by atoms with E-state index in [1.807, 2.05) is 60.7 Å². The van der Waals surface area contributed by atoms with E-state index in [1.165, 1.54) is 0 Å². The molecule has 130 valence electrons. The number of anilines is 5. The van der Waals surface area contributed by atoms with E-state index in [0.717, 1.165) is 39.9 Å². The number of hydrogen-bond acceptors (Lipinski definition) is 3. The van der Waals surface area contributed by atoms with Gasteiger partial charge in [-0.15, -0.1) is 0 Å². The molecule has 0 aliphatic carbocycles. The first-order valence-electron chi connectivity index (χ1n) is 8.97. The second kappa shape index (κ2) is 6.54. The van der Waals surface area contributed by atoms with Crippen LogP contribution in [-0.4, -0.2) is 0 Å². The first kappa shape index (κ1) is 15.5. The Bertz CT molecular complexity index is 1080. The van der Waals surface area contributed by atoms with Crippen LogP contribution >= 0.6 is 0 Å². The van der Waals surface area contributed by atoms with Crippen molar-refractivity contribution >= 4 is 28.4 Å². The minimum atomic E-state index is 0.823. The lowest BCUT2D eigenvalue weighted by atomic mass is 10.1. The Morgan fingerprint density at radius 3 is 2.07 bits per heavy atom. The van der Waals surface area contributed by atoms with Gasteiger partial charge < -0.3 is 15.0 Å². The monoisotopic (exact) mass is 350 g/mol. The van der Waals surface area contributed by atoms with Gasteiger partial charge in [0.1, 0.15) is 0 Å². The van der Waals surface area contributed by atoms with Crippen LogP contribution < -0.4 is 15.0 Å². The van der Waals surface area contributed by atoms with Crippen molar-refractivity contribution in [2.45, 2.75) is 0 Å². The van der Waals surface area contributed by atoms with E-state index in [1.54, 1.807) is 0 Å². The van der Waals surface area contributed by atoms with Gasteiger partial charge >= 0.3 is 0 Å². The van der Waals surface area contributed by atoms with Gasteiger partial charge in [0.15, 0.2) is 11.5 Å². The predicted molar refractivity (Wildman–Crippen MR) is 111 cm³/mol. The molecule has 27 heavy (non-hydrogen) atoms. The van der Waals surface area contributed by atoms with E-state index < -0.39 is 0 Å². The summed E-state index contributed by atoms with van der Waals surface area (Å²) in [5, 5.41) is 3.48. The smallest absolute Gasteiger partial charge is 0.174 e. The van der Waals surface area contributed by atoms with Crippen LogP contribution in [0.2, 0.25) is 0 Å². The molecule has 0 saturated carbocycles. The number of nitrogens with one attached hydrogen (secondary N) is 1. The lowest BCUT2D eigenvalue weighted by Crippen LogP contribution is -2.16. The van der Waals surface area contributed by atoms with Crippen molar-refractivity contribution < 1.29 is 4.74 Å². The molecule has 1 aliphatic heterocycles. The summed E-state index contributed by atoms with van der Waals surface area (Å²) < 4.78 is 6.33. The first-order valence-corrected chi connectivity index (χ1v) is 8.97. The molecule has 1 heterocycles. The highest BCUT2D eigenvalue weighted by Crippen LogP contribution is 2.53. The number of fused-ring (bicyclic) bond motifs is 2. The van der Waals surface area contributed by atoms with E-state index >= 15 is 0 Å². The van der Waals surface area contributed by atoms with Gasteiger partial charge in [-0.2, -0.15) is 0 Å². The highest BCUT2D eigenvalue weighted by Gasteiger charge is 2.27. The molecule has 0 bridgehead atoms. The molecule has 3 nitrogen and oxygen atoms in total. The Labute approximate surface area is 158 Å². The number of ether oxygens (including phenoxy) is 1. The Balaban J connectivity index is 1.67. The van der Waals surface area contributed by atoms with Crippen LogP contribution in [0, 0.1) is 0 Å². The molecule has 0 fully saturated rings. The fourth-order valence-corrected chi connectivity index (χ4v) is 3.41. The molecule has 1 N–H and O–H groups in total. The summed E-state index contributed by atoms with van der Waals surface area (Å²) in [6.07, 6.45) is 0. The van der Waals surface area contributed by atoms with Gasteiger partial charge in [-0.1, -0.05) is 54.6 Å². The van der Waals surface area contributed by atoms with Gasteiger partial charge in [-0.05, 0) is 48.5 Å². The van der Waals surface area contributed by atoms with Crippen LogP contribution in [0.3, 0.4) is 0 Å². The number of hydrogen-bond donors (Lipinski definition) is 1. The van der Waals surface area contributed by atoms with Crippen molar-refractivity contribution in [2.75, 3.05) is 10.2 Å². The summed E-state index contributed by atoms with van der Waals surface area (Å²) in [6, 6.07) is 34.8. The minimum Gasteiger partial charge on any atom is -0.451 e. The van der Waals surface area contributed by atoms with Crippen molar-refractivity contribution in [3.8, 4) is 11.5 Å². The minimum absolute atomic E-state index is 0.823. The normalized spacial score (nSPS) is 11.9. The zero-order valence-electron chi connectivity index (χ0n) is 14.7. The van der Waals surface area contributed by atoms with Gasteiger partial charge in [0.25, 0.3) is 0 Å². The van der Waals surface area contributed by atoms with E-state index in [0.29, 0.717) is 0 Å². The molecule has 0 atom stereocenters. The Morgan fingerprint density at radius 2 is 1.26 bits per heavy atom. The fraction of sp³-hybridized carbons (Fsp3) is 0. The number of nitrogens with zero attached hydrogens (tertiary/aromatic N) is 1.